The third-order valence-electron chi connectivity index (χ3n) is 3.09. The van der Waals surface area contributed by atoms with E-state index in [2.05, 4.69) is 0 Å². The molecule has 8 heteroatoms. The summed E-state index contributed by atoms with van der Waals surface area (Å²) in [6.45, 7) is 0. The van der Waals surface area contributed by atoms with Crippen LogP contribution in [-0.4, -0.2) is 53.3 Å². The second kappa shape index (κ2) is 9.06. The zero-order valence-corrected chi connectivity index (χ0v) is 15.3. The number of hydrogen-bond donors (Lipinski definition) is 3. The minimum atomic E-state index is -4.03. The van der Waals surface area contributed by atoms with Crippen LogP contribution in [-0.2, 0) is 13.3 Å². The molecule has 0 aromatic heterocycles. The van der Waals surface area contributed by atoms with Crippen molar-refractivity contribution >= 4 is 28.0 Å². The predicted molar refractivity (Wildman–Crippen MR) is 91.3 cm³/mol. The van der Waals surface area contributed by atoms with Gasteiger partial charge in [0.15, 0.2) is 0 Å². The molecule has 0 saturated heterocycles. The monoisotopic (exact) mass is 354 g/mol. The maximum atomic E-state index is 8.74. The normalized spacial score (nSPS) is 11.6. The Hall–Kier alpha value is -1.37. The van der Waals surface area contributed by atoms with Gasteiger partial charge in [0.05, 0.1) is 0 Å². The summed E-state index contributed by atoms with van der Waals surface area (Å²) < 4.78 is 16.0. The standard InChI is InChI=1S/C9H14O3Si.C6H8O3Si/c1-10-13(11-2,12-3)9-7-5-4-6-8-9;7-10(8,9)6-4-2-1-3-5-6/h4-8H,1-3H3;1-5,7-9H. The maximum absolute atomic E-state index is 8.74. The van der Waals surface area contributed by atoms with Crippen LogP contribution in [0.25, 0.3) is 0 Å². The largest absolute Gasteiger partial charge is 0.536 e. The van der Waals surface area contributed by atoms with Gasteiger partial charge in [-0.2, -0.15) is 0 Å². The van der Waals surface area contributed by atoms with Gasteiger partial charge in [0.25, 0.3) is 0 Å². The molecule has 2 aromatic rings. The van der Waals surface area contributed by atoms with Crippen LogP contribution in [0.15, 0.2) is 60.7 Å². The van der Waals surface area contributed by atoms with E-state index < -0.39 is 17.6 Å². The highest BCUT2D eigenvalue weighted by atomic mass is 28.4. The van der Waals surface area contributed by atoms with Gasteiger partial charge in [-0.25, -0.2) is 0 Å². The van der Waals surface area contributed by atoms with Gasteiger partial charge in [0, 0.05) is 31.7 Å². The Morgan fingerprint density at radius 1 is 0.609 bits per heavy atom. The molecule has 0 spiro atoms. The van der Waals surface area contributed by atoms with E-state index in [0.717, 1.165) is 5.19 Å². The van der Waals surface area contributed by atoms with E-state index in [0.29, 0.717) is 0 Å². The second-order valence-corrected chi connectivity index (χ2v) is 9.30. The Bertz CT molecular complexity index is 547. The molecular weight excluding hydrogens is 332 g/mol. The Balaban J connectivity index is 0.000000238. The van der Waals surface area contributed by atoms with Gasteiger partial charge in [0.2, 0.25) is 0 Å². The highest BCUT2D eigenvalue weighted by Crippen LogP contribution is 2.05. The lowest BCUT2D eigenvalue weighted by atomic mass is 10.4. The molecule has 0 heterocycles. The summed E-state index contributed by atoms with van der Waals surface area (Å²) in [6, 6.07) is 17.7. The lowest BCUT2D eigenvalue weighted by Crippen LogP contribution is -2.54. The SMILES string of the molecule is CO[Si](OC)(OC)c1ccccc1.O[Si](O)(O)c1ccccc1. The zero-order valence-electron chi connectivity index (χ0n) is 13.3. The van der Waals surface area contributed by atoms with Crippen molar-refractivity contribution in [1.82, 2.24) is 0 Å². The van der Waals surface area contributed by atoms with Crippen molar-refractivity contribution in [1.29, 1.82) is 0 Å². The van der Waals surface area contributed by atoms with Crippen LogP contribution in [0, 0.1) is 0 Å². The van der Waals surface area contributed by atoms with E-state index in [9.17, 15) is 0 Å². The smallest absolute Gasteiger partial charge is 0.386 e. The van der Waals surface area contributed by atoms with E-state index in [4.69, 9.17) is 27.7 Å². The number of rotatable bonds is 5. The van der Waals surface area contributed by atoms with Crippen molar-refractivity contribution in [2.24, 2.45) is 0 Å². The molecular formula is C15H22O6Si2. The van der Waals surface area contributed by atoms with Crippen LogP contribution in [0.5, 0.6) is 0 Å². The summed E-state index contributed by atoms with van der Waals surface area (Å²) in [4.78, 5) is 26.2. The quantitative estimate of drug-likeness (QED) is 0.632. The van der Waals surface area contributed by atoms with E-state index in [1.54, 1.807) is 39.5 Å². The lowest BCUT2D eigenvalue weighted by molar-refractivity contribution is 0.140. The van der Waals surface area contributed by atoms with Crippen molar-refractivity contribution in [2.45, 2.75) is 0 Å². The lowest BCUT2D eigenvalue weighted by Gasteiger charge is -2.24. The molecule has 0 aliphatic heterocycles. The highest BCUT2D eigenvalue weighted by Gasteiger charge is 2.40. The van der Waals surface area contributed by atoms with E-state index >= 15 is 0 Å². The van der Waals surface area contributed by atoms with Gasteiger partial charge in [-0.05, 0) is 0 Å². The molecule has 3 N–H and O–H groups in total. The van der Waals surface area contributed by atoms with Crippen LogP contribution < -0.4 is 10.4 Å². The summed E-state index contributed by atoms with van der Waals surface area (Å²) in [5.41, 5.74) is 0. The first-order valence-electron chi connectivity index (χ1n) is 6.83. The Morgan fingerprint density at radius 3 is 1.22 bits per heavy atom. The van der Waals surface area contributed by atoms with Gasteiger partial charge in [0.1, 0.15) is 0 Å². The molecule has 0 unspecified atom stereocenters. The van der Waals surface area contributed by atoms with Gasteiger partial charge in [-0.15, -0.1) is 0 Å². The topological polar surface area (TPSA) is 88.4 Å². The van der Waals surface area contributed by atoms with Crippen molar-refractivity contribution in [3.05, 3.63) is 60.7 Å². The molecule has 0 amide bonds. The highest BCUT2D eigenvalue weighted by molar-refractivity contribution is 6.75. The molecule has 0 bridgehead atoms. The Morgan fingerprint density at radius 2 is 0.957 bits per heavy atom. The summed E-state index contributed by atoms with van der Waals surface area (Å²) in [6.07, 6.45) is 0. The number of benzene rings is 2. The molecule has 2 rings (SSSR count). The predicted octanol–water partition coefficient (Wildman–Crippen LogP) is -0.419. The van der Waals surface area contributed by atoms with E-state index in [-0.39, 0.29) is 5.19 Å². The van der Waals surface area contributed by atoms with Crippen molar-refractivity contribution in [3.8, 4) is 0 Å². The summed E-state index contributed by atoms with van der Waals surface area (Å²) in [5, 5.41) is 1.18. The Kier molecular flexibility index (Phi) is 7.75. The van der Waals surface area contributed by atoms with E-state index in [1.807, 2.05) is 30.3 Å². The van der Waals surface area contributed by atoms with Crippen LogP contribution >= 0.6 is 0 Å². The fraction of sp³-hybridized carbons (Fsp3) is 0.200. The fourth-order valence-electron chi connectivity index (χ4n) is 1.91. The van der Waals surface area contributed by atoms with Crippen molar-refractivity contribution < 1.29 is 27.7 Å². The molecule has 0 radical (unpaired) electrons. The first-order valence-corrected chi connectivity index (χ1v) is 10.4. The van der Waals surface area contributed by atoms with Crippen molar-refractivity contribution in [2.75, 3.05) is 21.3 Å². The van der Waals surface area contributed by atoms with Gasteiger partial charge < -0.3 is 27.7 Å². The van der Waals surface area contributed by atoms with Crippen LogP contribution in [0.2, 0.25) is 0 Å². The van der Waals surface area contributed by atoms with Crippen molar-refractivity contribution in [3.63, 3.8) is 0 Å². The van der Waals surface area contributed by atoms with Gasteiger partial charge >= 0.3 is 17.6 Å². The molecule has 2 aromatic carbocycles. The maximum Gasteiger partial charge on any atom is 0.536 e. The molecule has 6 nitrogen and oxygen atoms in total. The molecule has 0 saturated carbocycles. The van der Waals surface area contributed by atoms with Crippen LogP contribution in [0.4, 0.5) is 0 Å². The number of hydrogen-bond acceptors (Lipinski definition) is 6. The second-order valence-electron chi connectivity index (χ2n) is 4.54. The molecule has 126 valence electrons. The summed E-state index contributed by atoms with van der Waals surface area (Å²) in [5.74, 6) is 0. The van der Waals surface area contributed by atoms with Crippen LogP contribution in [0.1, 0.15) is 0 Å². The van der Waals surface area contributed by atoms with Gasteiger partial charge in [-0.3, -0.25) is 0 Å². The molecule has 0 atom stereocenters. The minimum Gasteiger partial charge on any atom is -0.386 e. The molecule has 0 aliphatic rings. The average Bonchev–Trinajstić information content (AvgIpc) is 2.59. The molecule has 0 aliphatic carbocycles. The van der Waals surface area contributed by atoms with E-state index in [1.165, 1.54) is 12.1 Å². The zero-order chi connectivity index (χ0) is 17.3. The first-order chi connectivity index (χ1) is 10.9. The molecule has 0 fully saturated rings. The third kappa shape index (κ3) is 5.64. The van der Waals surface area contributed by atoms with Gasteiger partial charge in [-0.1, -0.05) is 60.7 Å². The first kappa shape index (κ1) is 19.7. The molecule has 23 heavy (non-hydrogen) atoms. The Labute approximate surface area is 138 Å². The average molecular weight is 355 g/mol. The third-order valence-corrected chi connectivity index (χ3v) is 6.86. The minimum absolute atomic E-state index is 0.204. The summed E-state index contributed by atoms with van der Waals surface area (Å²) in [7, 11) is -1.82. The fourth-order valence-corrected chi connectivity index (χ4v) is 4.36. The summed E-state index contributed by atoms with van der Waals surface area (Å²) >= 11 is 0. The van der Waals surface area contributed by atoms with Crippen LogP contribution in [0.3, 0.4) is 0 Å².